The number of hydrogen-bond donors (Lipinski definition) is 1. The molecule has 1 aromatic rings. The second kappa shape index (κ2) is 5.82. The average Bonchev–Trinajstić information content (AvgIpc) is 2.90. The first-order valence-electron chi connectivity index (χ1n) is 6.00. The first-order chi connectivity index (χ1) is 8.70. The van der Waals surface area contributed by atoms with Gasteiger partial charge in [-0.2, -0.15) is 0 Å². The lowest BCUT2D eigenvalue weighted by Gasteiger charge is -2.15. The van der Waals surface area contributed by atoms with Crippen LogP contribution in [0.25, 0.3) is 0 Å². The van der Waals surface area contributed by atoms with Gasteiger partial charge in [0.2, 0.25) is 0 Å². The number of carbonyl (C=O) groups excluding carboxylic acids is 1. The maximum Gasteiger partial charge on any atom is 0.260 e. The highest BCUT2D eigenvalue weighted by molar-refractivity contribution is 5.78. The van der Waals surface area contributed by atoms with Gasteiger partial charge in [-0.25, -0.2) is 4.39 Å². The minimum atomic E-state index is -0.559. The van der Waals surface area contributed by atoms with Gasteiger partial charge in [-0.3, -0.25) is 4.79 Å². The molecule has 1 aliphatic heterocycles. The van der Waals surface area contributed by atoms with Crippen molar-refractivity contribution >= 4 is 5.91 Å². The molecular weight excluding hydrogens is 237 g/mol. The van der Waals surface area contributed by atoms with Crippen LogP contribution in [0, 0.1) is 5.82 Å². The van der Waals surface area contributed by atoms with Gasteiger partial charge in [0.15, 0.2) is 18.2 Å². The lowest BCUT2D eigenvalue weighted by Crippen LogP contribution is -2.32. The molecule has 98 valence electrons. The maximum absolute atomic E-state index is 13.5. The largest absolute Gasteiger partial charge is 0.481 e. The van der Waals surface area contributed by atoms with Crippen molar-refractivity contribution in [3.05, 3.63) is 29.6 Å². The summed E-state index contributed by atoms with van der Waals surface area (Å²) in [4.78, 5) is 13.4. The number of aliphatic hydroxyl groups is 1. The normalized spacial score (nSPS) is 14.9. The monoisotopic (exact) mass is 253 g/mol. The van der Waals surface area contributed by atoms with Crippen molar-refractivity contribution in [2.75, 3.05) is 19.7 Å². The third kappa shape index (κ3) is 2.98. The van der Waals surface area contributed by atoms with Crippen molar-refractivity contribution in [1.82, 2.24) is 4.90 Å². The van der Waals surface area contributed by atoms with E-state index >= 15 is 0 Å². The smallest absolute Gasteiger partial charge is 0.260 e. The van der Waals surface area contributed by atoms with E-state index in [1.165, 1.54) is 12.1 Å². The number of benzene rings is 1. The number of nitrogens with zero attached hydrogens (tertiary/aromatic N) is 1. The Morgan fingerprint density at radius 3 is 2.72 bits per heavy atom. The Hall–Kier alpha value is -1.62. The molecular formula is C13H16FNO3. The molecule has 1 fully saturated rings. The van der Waals surface area contributed by atoms with Crippen molar-refractivity contribution in [1.29, 1.82) is 0 Å². The van der Waals surface area contributed by atoms with E-state index in [0.29, 0.717) is 5.56 Å². The number of amides is 1. The summed E-state index contributed by atoms with van der Waals surface area (Å²) < 4.78 is 18.7. The van der Waals surface area contributed by atoms with Crippen molar-refractivity contribution in [3.8, 4) is 5.75 Å². The fourth-order valence-corrected chi connectivity index (χ4v) is 1.96. The molecule has 1 saturated heterocycles. The Morgan fingerprint density at radius 2 is 2.11 bits per heavy atom. The quantitative estimate of drug-likeness (QED) is 0.880. The summed E-state index contributed by atoms with van der Waals surface area (Å²) in [5.74, 6) is -0.631. The predicted molar refractivity (Wildman–Crippen MR) is 63.6 cm³/mol. The number of halogens is 1. The van der Waals surface area contributed by atoms with Gasteiger partial charge in [-0.15, -0.1) is 0 Å². The molecule has 1 heterocycles. The van der Waals surface area contributed by atoms with E-state index in [1.54, 1.807) is 11.0 Å². The molecule has 0 atom stereocenters. The van der Waals surface area contributed by atoms with Gasteiger partial charge in [-0.1, -0.05) is 6.07 Å². The topological polar surface area (TPSA) is 49.8 Å². The second-order valence-electron chi connectivity index (χ2n) is 4.30. The van der Waals surface area contributed by atoms with Crippen LogP contribution < -0.4 is 4.74 Å². The fraction of sp³-hybridized carbons (Fsp3) is 0.462. The summed E-state index contributed by atoms with van der Waals surface area (Å²) in [6.45, 7) is 1.15. The first kappa shape index (κ1) is 12.8. The van der Waals surface area contributed by atoms with Crippen LogP contribution in [0.2, 0.25) is 0 Å². The van der Waals surface area contributed by atoms with E-state index in [0.717, 1.165) is 25.9 Å². The first-order valence-corrected chi connectivity index (χ1v) is 6.00. The molecule has 0 unspecified atom stereocenters. The molecule has 2 rings (SSSR count). The highest BCUT2D eigenvalue weighted by Crippen LogP contribution is 2.18. The van der Waals surface area contributed by atoms with Crippen molar-refractivity contribution in [2.45, 2.75) is 19.4 Å². The highest BCUT2D eigenvalue weighted by Gasteiger charge is 2.18. The number of ether oxygens (including phenoxy) is 1. The lowest BCUT2D eigenvalue weighted by molar-refractivity contribution is -0.132. The van der Waals surface area contributed by atoms with Gasteiger partial charge in [0.25, 0.3) is 5.91 Å². The molecule has 5 heteroatoms. The molecule has 4 nitrogen and oxygen atoms in total. The number of carbonyl (C=O) groups is 1. The fourth-order valence-electron chi connectivity index (χ4n) is 1.96. The zero-order valence-corrected chi connectivity index (χ0v) is 10.1. The maximum atomic E-state index is 13.5. The number of hydrogen-bond acceptors (Lipinski definition) is 3. The van der Waals surface area contributed by atoms with Crippen LogP contribution >= 0.6 is 0 Å². The third-order valence-corrected chi connectivity index (χ3v) is 2.99. The van der Waals surface area contributed by atoms with E-state index < -0.39 is 5.82 Å². The Kier molecular flexibility index (Phi) is 4.15. The third-order valence-electron chi connectivity index (χ3n) is 2.99. The zero-order chi connectivity index (χ0) is 13.0. The van der Waals surface area contributed by atoms with Crippen LogP contribution in [0.3, 0.4) is 0 Å². The van der Waals surface area contributed by atoms with E-state index in [1.807, 2.05) is 0 Å². The van der Waals surface area contributed by atoms with E-state index in [4.69, 9.17) is 9.84 Å². The van der Waals surface area contributed by atoms with Crippen molar-refractivity contribution < 1.29 is 19.0 Å². The molecule has 1 amide bonds. The average molecular weight is 253 g/mol. The van der Waals surface area contributed by atoms with E-state index in [2.05, 4.69) is 0 Å². The van der Waals surface area contributed by atoms with Crippen molar-refractivity contribution in [2.24, 2.45) is 0 Å². The Balaban J connectivity index is 1.91. The van der Waals surface area contributed by atoms with Crippen LogP contribution in [0.5, 0.6) is 5.75 Å². The second-order valence-corrected chi connectivity index (χ2v) is 4.30. The van der Waals surface area contributed by atoms with Crippen LogP contribution in [0.15, 0.2) is 18.2 Å². The summed E-state index contributed by atoms with van der Waals surface area (Å²) in [7, 11) is 0. The van der Waals surface area contributed by atoms with Gasteiger partial charge in [0.05, 0.1) is 6.61 Å². The molecule has 0 aliphatic carbocycles. The summed E-state index contributed by atoms with van der Waals surface area (Å²) >= 11 is 0. The van der Waals surface area contributed by atoms with Gasteiger partial charge >= 0.3 is 0 Å². The van der Waals surface area contributed by atoms with E-state index in [9.17, 15) is 9.18 Å². The van der Waals surface area contributed by atoms with Gasteiger partial charge in [0.1, 0.15) is 0 Å². The summed E-state index contributed by atoms with van der Waals surface area (Å²) in [5.41, 5.74) is 0.478. The summed E-state index contributed by atoms with van der Waals surface area (Å²) in [6, 6.07) is 4.20. The molecule has 18 heavy (non-hydrogen) atoms. The van der Waals surface area contributed by atoms with Gasteiger partial charge < -0.3 is 14.7 Å². The van der Waals surface area contributed by atoms with Gasteiger partial charge in [-0.05, 0) is 30.5 Å². The predicted octanol–water partition coefficient (Wildman–Crippen LogP) is 1.32. The minimum absolute atomic E-state index is 0.0414. The van der Waals surface area contributed by atoms with Crippen LogP contribution in [0.1, 0.15) is 18.4 Å². The molecule has 0 saturated carbocycles. The standard InChI is InChI=1S/C13H16FNO3/c14-11-7-10(8-16)3-4-12(11)18-9-13(17)15-5-1-2-6-15/h3-4,7,16H,1-2,5-6,8-9H2. The summed E-state index contributed by atoms with van der Waals surface area (Å²) in [5, 5.41) is 8.85. The Bertz CT molecular complexity index is 430. The number of likely N-dealkylation sites (tertiary alicyclic amines) is 1. The molecule has 0 radical (unpaired) electrons. The lowest BCUT2D eigenvalue weighted by atomic mass is 10.2. The molecule has 1 aromatic carbocycles. The Labute approximate surface area is 105 Å². The SMILES string of the molecule is O=C(COc1ccc(CO)cc1F)N1CCCC1. The molecule has 0 bridgehead atoms. The summed E-state index contributed by atoms with van der Waals surface area (Å²) in [6.07, 6.45) is 2.04. The number of rotatable bonds is 4. The van der Waals surface area contributed by atoms with E-state index in [-0.39, 0.29) is 24.9 Å². The number of aliphatic hydroxyl groups excluding tert-OH is 1. The Morgan fingerprint density at radius 1 is 1.39 bits per heavy atom. The van der Waals surface area contributed by atoms with Crippen LogP contribution in [0.4, 0.5) is 4.39 Å². The highest BCUT2D eigenvalue weighted by atomic mass is 19.1. The molecule has 0 spiro atoms. The molecule has 1 N–H and O–H groups in total. The zero-order valence-electron chi connectivity index (χ0n) is 10.1. The van der Waals surface area contributed by atoms with Crippen LogP contribution in [-0.4, -0.2) is 35.6 Å². The minimum Gasteiger partial charge on any atom is -0.481 e. The van der Waals surface area contributed by atoms with Crippen molar-refractivity contribution in [3.63, 3.8) is 0 Å². The van der Waals surface area contributed by atoms with Gasteiger partial charge in [0, 0.05) is 13.1 Å². The molecule has 0 aromatic heterocycles. The molecule has 1 aliphatic rings. The van der Waals surface area contributed by atoms with Crippen LogP contribution in [-0.2, 0) is 11.4 Å².